The van der Waals surface area contributed by atoms with E-state index in [-0.39, 0.29) is 24.5 Å². The molecule has 0 saturated heterocycles. The maximum Gasteiger partial charge on any atom is 0.244 e. The Labute approximate surface area is 124 Å². The Kier molecular flexibility index (Phi) is 4.99. The molecule has 1 aromatic carbocycles. The highest BCUT2D eigenvalue weighted by Crippen LogP contribution is 2.18. The topological polar surface area (TPSA) is 49.3 Å². The van der Waals surface area contributed by atoms with Gasteiger partial charge >= 0.3 is 0 Å². The van der Waals surface area contributed by atoms with E-state index >= 15 is 0 Å². The summed E-state index contributed by atoms with van der Waals surface area (Å²) < 4.78 is 0. The van der Waals surface area contributed by atoms with Crippen molar-refractivity contribution in [2.24, 2.45) is 5.92 Å². The minimum Gasteiger partial charge on any atom is -0.396 e. The molecule has 1 aliphatic carbocycles. The average Bonchev–Trinajstić information content (AvgIpc) is 2.88. The predicted octanol–water partition coefficient (Wildman–Crippen LogP) is 2.71. The first kappa shape index (κ1) is 14.8. The lowest BCUT2D eigenvalue weighted by Crippen LogP contribution is -2.31. The largest absolute Gasteiger partial charge is 0.396 e. The van der Waals surface area contributed by atoms with Crippen LogP contribution in [0.25, 0.3) is 6.08 Å². The summed E-state index contributed by atoms with van der Waals surface area (Å²) in [6.45, 7) is 2.06. The molecule has 1 aliphatic rings. The van der Waals surface area contributed by atoms with Gasteiger partial charge in [-0.3, -0.25) is 4.79 Å². The van der Waals surface area contributed by atoms with Crippen LogP contribution < -0.4 is 5.32 Å². The molecule has 0 heterocycles. The Balaban J connectivity index is 1.89. The average molecular weight is 292 g/mol. The maximum atomic E-state index is 11.8. The third-order valence-corrected chi connectivity index (χ3v) is 3.76. The fourth-order valence-electron chi connectivity index (χ4n) is 2.13. The predicted molar refractivity (Wildman–Crippen MR) is 81.5 cm³/mol. The summed E-state index contributed by atoms with van der Waals surface area (Å²) in [5.74, 6) is 0.00937. The van der Waals surface area contributed by atoms with Gasteiger partial charge in [-0.25, -0.2) is 0 Å². The molecule has 2 rings (SSSR count). The number of hydrogen-bond acceptors (Lipinski definition) is 2. The summed E-state index contributed by atoms with van der Waals surface area (Å²) >= 11 is 6.03. The van der Waals surface area contributed by atoms with Crippen molar-refractivity contribution in [1.82, 2.24) is 5.32 Å². The fraction of sp³-hybridized carbons (Fsp3) is 0.312. The first-order valence-corrected chi connectivity index (χ1v) is 7.00. The van der Waals surface area contributed by atoms with Gasteiger partial charge < -0.3 is 10.4 Å². The van der Waals surface area contributed by atoms with Gasteiger partial charge in [-0.1, -0.05) is 35.9 Å². The van der Waals surface area contributed by atoms with Gasteiger partial charge in [0, 0.05) is 29.7 Å². The van der Waals surface area contributed by atoms with Crippen molar-refractivity contribution in [2.45, 2.75) is 19.4 Å². The van der Waals surface area contributed by atoms with E-state index in [1.807, 2.05) is 37.3 Å². The van der Waals surface area contributed by atoms with E-state index < -0.39 is 0 Å². The van der Waals surface area contributed by atoms with Gasteiger partial charge in [0.05, 0.1) is 0 Å². The number of amides is 1. The van der Waals surface area contributed by atoms with Gasteiger partial charge in [0.25, 0.3) is 0 Å². The van der Waals surface area contributed by atoms with E-state index in [1.54, 1.807) is 6.08 Å². The highest BCUT2D eigenvalue weighted by Gasteiger charge is 2.18. The quantitative estimate of drug-likeness (QED) is 0.662. The van der Waals surface area contributed by atoms with Crippen LogP contribution in [0.1, 0.15) is 17.5 Å². The summed E-state index contributed by atoms with van der Waals surface area (Å²) in [6, 6.07) is 5.68. The van der Waals surface area contributed by atoms with Crippen LogP contribution in [0.5, 0.6) is 0 Å². The first-order valence-electron chi connectivity index (χ1n) is 6.62. The molecule has 0 bridgehead atoms. The Bertz CT molecular complexity index is 551. The zero-order valence-electron chi connectivity index (χ0n) is 11.3. The van der Waals surface area contributed by atoms with Crippen LogP contribution in [-0.2, 0) is 4.79 Å². The lowest BCUT2D eigenvalue weighted by atomic mass is 10.1. The van der Waals surface area contributed by atoms with Crippen LogP contribution in [0, 0.1) is 12.8 Å². The molecule has 0 spiro atoms. The van der Waals surface area contributed by atoms with Crippen LogP contribution in [0.15, 0.2) is 36.4 Å². The smallest absolute Gasteiger partial charge is 0.244 e. The molecular formula is C16H18ClNO2. The maximum absolute atomic E-state index is 11.8. The van der Waals surface area contributed by atoms with E-state index in [9.17, 15) is 4.79 Å². The highest BCUT2D eigenvalue weighted by atomic mass is 35.5. The second kappa shape index (κ2) is 6.73. The van der Waals surface area contributed by atoms with Crippen LogP contribution in [0.2, 0.25) is 5.02 Å². The molecule has 0 saturated carbocycles. The Morgan fingerprint density at radius 2 is 2.30 bits per heavy atom. The number of carbonyl (C=O) groups excluding carboxylic acids is 1. The molecule has 2 atom stereocenters. The van der Waals surface area contributed by atoms with Crippen LogP contribution in [0.3, 0.4) is 0 Å². The van der Waals surface area contributed by atoms with Gasteiger partial charge in [0.2, 0.25) is 5.91 Å². The second-order valence-electron chi connectivity index (χ2n) is 5.02. The van der Waals surface area contributed by atoms with Crippen LogP contribution in [-0.4, -0.2) is 23.7 Å². The van der Waals surface area contributed by atoms with Crippen LogP contribution >= 0.6 is 11.6 Å². The molecule has 106 valence electrons. The van der Waals surface area contributed by atoms with Crippen molar-refractivity contribution in [3.05, 3.63) is 52.6 Å². The van der Waals surface area contributed by atoms with E-state index in [4.69, 9.17) is 16.7 Å². The molecule has 1 amide bonds. The van der Waals surface area contributed by atoms with Crippen molar-refractivity contribution >= 4 is 23.6 Å². The molecule has 3 nitrogen and oxygen atoms in total. The third kappa shape index (κ3) is 3.95. The molecule has 0 aromatic heterocycles. The summed E-state index contributed by atoms with van der Waals surface area (Å²) in [4.78, 5) is 11.8. The van der Waals surface area contributed by atoms with Gasteiger partial charge in [0.15, 0.2) is 0 Å². The van der Waals surface area contributed by atoms with Gasteiger partial charge in [-0.15, -0.1) is 0 Å². The minimum absolute atomic E-state index is 0.00547. The van der Waals surface area contributed by atoms with Crippen molar-refractivity contribution in [2.75, 3.05) is 6.61 Å². The number of benzene rings is 1. The molecule has 0 radical (unpaired) electrons. The summed E-state index contributed by atoms with van der Waals surface area (Å²) in [5, 5.41) is 12.6. The van der Waals surface area contributed by atoms with Crippen molar-refractivity contribution in [3.8, 4) is 0 Å². The highest BCUT2D eigenvalue weighted by molar-refractivity contribution is 6.31. The standard InChI is InChI=1S/C16H18ClNO2/c1-11-2-3-12(9-15(11)17)5-7-16(20)18-14-6-4-13(8-14)10-19/h2-7,9,13-14,19H,8,10H2,1H3,(H,18,20)/b7-5+/t13-,14+/m0/s1. The Hall–Kier alpha value is -1.58. The van der Waals surface area contributed by atoms with Gasteiger partial charge in [-0.2, -0.15) is 0 Å². The number of nitrogens with one attached hydrogen (secondary N) is 1. The number of aryl methyl sites for hydroxylation is 1. The molecular weight excluding hydrogens is 274 g/mol. The Morgan fingerprint density at radius 3 is 2.95 bits per heavy atom. The van der Waals surface area contributed by atoms with Gasteiger partial charge in [0.1, 0.15) is 0 Å². The monoisotopic (exact) mass is 291 g/mol. The summed E-state index contributed by atoms with van der Waals surface area (Å²) in [6.07, 6.45) is 7.86. The summed E-state index contributed by atoms with van der Waals surface area (Å²) in [7, 11) is 0. The molecule has 0 unspecified atom stereocenters. The number of carbonyl (C=O) groups is 1. The van der Waals surface area contributed by atoms with Crippen molar-refractivity contribution in [1.29, 1.82) is 0 Å². The van der Waals surface area contributed by atoms with Gasteiger partial charge in [-0.05, 0) is 36.6 Å². The molecule has 0 aliphatic heterocycles. The van der Waals surface area contributed by atoms with E-state index in [2.05, 4.69) is 5.32 Å². The molecule has 20 heavy (non-hydrogen) atoms. The number of aliphatic hydroxyl groups excluding tert-OH is 1. The molecule has 1 aromatic rings. The SMILES string of the molecule is Cc1ccc(/C=C/C(=O)N[C@@H]2C=C[C@H](CO)C2)cc1Cl. The summed E-state index contributed by atoms with van der Waals surface area (Å²) in [5.41, 5.74) is 1.91. The zero-order valence-corrected chi connectivity index (χ0v) is 12.1. The number of hydrogen-bond donors (Lipinski definition) is 2. The molecule has 2 N–H and O–H groups in total. The zero-order chi connectivity index (χ0) is 14.5. The molecule has 4 heteroatoms. The van der Waals surface area contributed by atoms with Crippen molar-refractivity contribution < 1.29 is 9.90 Å². The third-order valence-electron chi connectivity index (χ3n) is 3.36. The van der Waals surface area contributed by atoms with E-state index in [0.717, 1.165) is 17.5 Å². The first-order chi connectivity index (χ1) is 9.58. The van der Waals surface area contributed by atoms with E-state index in [0.29, 0.717) is 5.02 Å². The van der Waals surface area contributed by atoms with E-state index in [1.165, 1.54) is 6.08 Å². The number of aliphatic hydroxyl groups is 1. The minimum atomic E-state index is -0.144. The number of rotatable bonds is 4. The molecule has 0 fully saturated rings. The number of halogens is 1. The lowest BCUT2D eigenvalue weighted by Gasteiger charge is -2.10. The fourth-order valence-corrected chi connectivity index (χ4v) is 2.32. The lowest BCUT2D eigenvalue weighted by molar-refractivity contribution is -0.116. The normalized spacial score (nSPS) is 21.6. The van der Waals surface area contributed by atoms with Crippen LogP contribution in [0.4, 0.5) is 0 Å². The Morgan fingerprint density at radius 1 is 1.50 bits per heavy atom. The second-order valence-corrected chi connectivity index (χ2v) is 5.43. The van der Waals surface area contributed by atoms with Crippen molar-refractivity contribution in [3.63, 3.8) is 0 Å².